The topological polar surface area (TPSA) is 41.6 Å². The summed E-state index contributed by atoms with van der Waals surface area (Å²) < 4.78 is 4.99. The van der Waals surface area contributed by atoms with Crippen molar-refractivity contribution in [3.63, 3.8) is 0 Å². The van der Waals surface area contributed by atoms with Crippen LogP contribution in [0.25, 0.3) is 0 Å². The molecule has 0 saturated carbocycles. The van der Waals surface area contributed by atoms with Crippen LogP contribution in [0, 0.1) is 5.92 Å². The summed E-state index contributed by atoms with van der Waals surface area (Å²) in [5, 5.41) is 3.02. The lowest BCUT2D eigenvalue weighted by Crippen LogP contribution is -2.49. The van der Waals surface area contributed by atoms with Crippen LogP contribution in [-0.4, -0.2) is 43.8 Å². The fourth-order valence-electron chi connectivity index (χ4n) is 2.55. The smallest absolute Gasteiger partial charge is 0.317 e. The molecule has 1 saturated heterocycles. The molecule has 4 nitrogen and oxygen atoms in total. The van der Waals surface area contributed by atoms with Gasteiger partial charge in [-0.15, -0.1) is 0 Å². The van der Waals surface area contributed by atoms with Crippen LogP contribution in [0.2, 0.25) is 0 Å². The van der Waals surface area contributed by atoms with Gasteiger partial charge in [0.1, 0.15) is 0 Å². The Morgan fingerprint density at radius 3 is 2.78 bits per heavy atom. The molecule has 0 aliphatic carbocycles. The number of rotatable bonds is 6. The van der Waals surface area contributed by atoms with Crippen molar-refractivity contribution in [2.45, 2.75) is 52.0 Å². The van der Waals surface area contributed by atoms with Crippen LogP contribution in [-0.2, 0) is 4.74 Å². The van der Waals surface area contributed by atoms with Crippen molar-refractivity contribution in [3.05, 3.63) is 0 Å². The fraction of sp³-hybridized carbons (Fsp3) is 0.929. The molecule has 4 heteroatoms. The van der Waals surface area contributed by atoms with E-state index in [1.54, 1.807) is 7.11 Å². The molecule has 2 atom stereocenters. The first-order valence-corrected chi connectivity index (χ1v) is 7.18. The van der Waals surface area contributed by atoms with Crippen LogP contribution >= 0.6 is 0 Å². The second-order valence-electron chi connectivity index (χ2n) is 5.46. The zero-order valence-corrected chi connectivity index (χ0v) is 12.1. The molecule has 1 fully saturated rings. The summed E-state index contributed by atoms with van der Waals surface area (Å²) in [6.07, 6.45) is 5.48. The van der Waals surface area contributed by atoms with Crippen LogP contribution in [0.4, 0.5) is 4.79 Å². The Labute approximate surface area is 111 Å². The maximum Gasteiger partial charge on any atom is 0.317 e. The average molecular weight is 256 g/mol. The second-order valence-corrected chi connectivity index (χ2v) is 5.46. The molecule has 0 aromatic rings. The van der Waals surface area contributed by atoms with E-state index in [1.165, 1.54) is 0 Å². The maximum absolute atomic E-state index is 12.0. The third-order valence-electron chi connectivity index (χ3n) is 3.70. The maximum atomic E-state index is 12.0. The third kappa shape index (κ3) is 5.25. The number of carbonyl (C=O) groups is 1. The summed E-state index contributed by atoms with van der Waals surface area (Å²) in [6, 6.07) is 0.489. The standard InChI is InChI=1S/C14H28N2O2/c1-12-7-9-16(13(2)11-12)14(17)15-8-5-4-6-10-18-3/h12-13H,4-11H2,1-3H3,(H,15,17)/t12-,13-/m1/s1. The van der Waals surface area contributed by atoms with Gasteiger partial charge in [0.15, 0.2) is 0 Å². The van der Waals surface area contributed by atoms with Gasteiger partial charge in [-0.25, -0.2) is 4.79 Å². The normalized spacial score (nSPS) is 24.1. The Balaban J connectivity index is 2.12. The second kappa shape index (κ2) is 8.35. The van der Waals surface area contributed by atoms with Crippen molar-refractivity contribution < 1.29 is 9.53 Å². The van der Waals surface area contributed by atoms with Crippen LogP contribution in [0.15, 0.2) is 0 Å². The van der Waals surface area contributed by atoms with Gasteiger partial charge in [0.05, 0.1) is 0 Å². The van der Waals surface area contributed by atoms with Gasteiger partial charge >= 0.3 is 6.03 Å². The molecule has 1 aliphatic heterocycles. The van der Waals surface area contributed by atoms with Crippen molar-refractivity contribution in [3.8, 4) is 0 Å². The molecular formula is C14H28N2O2. The zero-order valence-electron chi connectivity index (χ0n) is 12.1. The highest BCUT2D eigenvalue weighted by Crippen LogP contribution is 2.21. The average Bonchev–Trinajstić information content (AvgIpc) is 2.33. The SMILES string of the molecule is COCCCCCNC(=O)N1CC[C@@H](C)C[C@H]1C. The van der Waals surface area contributed by atoms with E-state index in [2.05, 4.69) is 19.2 Å². The predicted octanol–water partition coefficient (Wildman–Crippen LogP) is 2.63. The fourth-order valence-corrected chi connectivity index (χ4v) is 2.55. The van der Waals surface area contributed by atoms with E-state index in [4.69, 9.17) is 4.74 Å². The van der Waals surface area contributed by atoms with Crippen LogP contribution in [0.5, 0.6) is 0 Å². The molecule has 1 aliphatic rings. The summed E-state index contributed by atoms with van der Waals surface area (Å²) in [5.74, 6) is 0.748. The van der Waals surface area contributed by atoms with Gasteiger partial charge in [-0.2, -0.15) is 0 Å². The van der Waals surface area contributed by atoms with Crippen molar-refractivity contribution in [2.75, 3.05) is 26.8 Å². The first-order valence-electron chi connectivity index (χ1n) is 7.18. The third-order valence-corrected chi connectivity index (χ3v) is 3.70. The lowest BCUT2D eigenvalue weighted by atomic mass is 9.94. The molecule has 0 aromatic heterocycles. The van der Waals surface area contributed by atoms with Gasteiger partial charge < -0.3 is 15.0 Å². The highest BCUT2D eigenvalue weighted by molar-refractivity contribution is 5.74. The number of nitrogens with one attached hydrogen (secondary N) is 1. The summed E-state index contributed by atoms with van der Waals surface area (Å²) in [4.78, 5) is 14.0. The van der Waals surface area contributed by atoms with Crippen molar-refractivity contribution in [2.24, 2.45) is 5.92 Å². The molecule has 2 amide bonds. The molecule has 0 radical (unpaired) electrons. The number of likely N-dealkylation sites (tertiary alicyclic amines) is 1. The van der Waals surface area contributed by atoms with Gasteiger partial charge in [-0.3, -0.25) is 0 Å². The van der Waals surface area contributed by atoms with E-state index in [9.17, 15) is 4.79 Å². The number of nitrogens with zero attached hydrogens (tertiary/aromatic N) is 1. The molecule has 1 N–H and O–H groups in total. The number of hydrogen-bond acceptors (Lipinski definition) is 2. The Kier molecular flexibility index (Phi) is 7.09. The van der Waals surface area contributed by atoms with Gasteiger partial charge in [0.2, 0.25) is 0 Å². The van der Waals surface area contributed by atoms with Gasteiger partial charge in [-0.1, -0.05) is 6.92 Å². The highest BCUT2D eigenvalue weighted by Gasteiger charge is 2.26. The molecule has 0 bridgehead atoms. The molecule has 0 unspecified atom stereocenters. The van der Waals surface area contributed by atoms with Crippen LogP contribution in [0.1, 0.15) is 46.0 Å². The summed E-state index contributed by atoms with van der Waals surface area (Å²) in [5.41, 5.74) is 0. The van der Waals surface area contributed by atoms with Gasteiger partial charge in [-0.05, 0) is 44.9 Å². The number of carbonyl (C=O) groups excluding carboxylic acids is 1. The quantitative estimate of drug-likeness (QED) is 0.742. The minimum atomic E-state index is 0.112. The molecule has 1 heterocycles. The Morgan fingerprint density at radius 1 is 1.33 bits per heavy atom. The Morgan fingerprint density at radius 2 is 2.11 bits per heavy atom. The lowest BCUT2D eigenvalue weighted by Gasteiger charge is -2.36. The molecule has 18 heavy (non-hydrogen) atoms. The summed E-state index contributed by atoms with van der Waals surface area (Å²) >= 11 is 0. The van der Waals surface area contributed by atoms with E-state index >= 15 is 0 Å². The number of ether oxygens (including phenoxy) is 1. The number of urea groups is 1. The summed E-state index contributed by atoms with van der Waals surface area (Å²) in [7, 11) is 1.72. The van der Waals surface area contributed by atoms with Crippen molar-refractivity contribution in [1.82, 2.24) is 10.2 Å². The minimum Gasteiger partial charge on any atom is -0.385 e. The van der Waals surface area contributed by atoms with E-state index in [0.717, 1.165) is 57.7 Å². The molecular weight excluding hydrogens is 228 g/mol. The number of amides is 2. The monoisotopic (exact) mass is 256 g/mol. The van der Waals surface area contributed by atoms with Crippen molar-refractivity contribution >= 4 is 6.03 Å². The lowest BCUT2D eigenvalue weighted by molar-refractivity contribution is 0.139. The minimum absolute atomic E-state index is 0.112. The molecule has 1 rings (SSSR count). The molecule has 106 valence electrons. The van der Waals surface area contributed by atoms with E-state index in [1.807, 2.05) is 4.90 Å². The number of piperidine rings is 1. The van der Waals surface area contributed by atoms with E-state index in [0.29, 0.717) is 6.04 Å². The Hall–Kier alpha value is -0.770. The van der Waals surface area contributed by atoms with Crippen LogP contribution in [0.3, 0.4) is 0 Å². The van der Waals surface area contributed by atoms with Gasteiger partial charge in [0.25, 0.3) is 0 Å². The molecule has 0 spiro atoms. The van der Waals surface area contributed by atoms with Crippen molar-refractivity contribution in [1.29, 1.82) is 0 Å². The summed E-state index contributed by atoms with van der Waals surface area (Å²) in [6.45, 7) is 6.91. The number of unbranched alkanes of at least 4 members (excludes halogenated alkanes) is 2. The first-order chi connectivity index (χ1) is 8.65. The largest absolute Gasteiger partial charge is 0.385 e. The first kappa shape index (κ1) is 15.3. The van der Waals surface area contributed by atoms with Crippen LogP contribution < -0.4 is 5.32 Å². The number of methoxy groups -OCH3 is 1. The predicted molar refractivity (Wildman–Crippen MR) is 73.7 cm³/mol. The van der Waals surface area contributed by atoms with Gasteiger partial charge in [0, 0.05) is 32.8 Å². The molecule has 0 aromatic carbocycles. The Bertz CT molecular complexity index is 246. The van der Waals surface area contributed by atoms with E-state index in [-0.39, 0.29) is 6.03 Å². The zero-order chi connectivity index (χ0) is 13.4. The number of hydrogen-bond donors (Lipinski definition) is 1. The van der Waals surface area contributed by atoms with E-state index < -0.39 is 0 Å². The highest BCUT2D eigenvalue weighted by atomic mass is 16.5.